The third kappa shape index (κ3) is 3.30. The summed E-state index contributed by atoms with van der Waals surface area (Å²) in [5, 5.41) is 17.1. The van der Waals surface area contributed by atoms with E-state index in [1.807, 2.05) is 6.07 Å². The van der Waals surface area contributed by atoms with Crippen LogP contribution in [0.1, 0.15) is 35.7 Å². The minimum Gasteiger partial charge on any atom is -0.356 e. The number of hydrogen-bond donors (Lipinski definition) is 0. The van der Waals surface area contributed by atoms with Crippen LogP contribution in [0.5, 0.6) is 0 Å². The third-order valence-corrected chi connectivity index (χ3v) is 4.74. The minimum absolute atomic E-state index is 0.0605. The molecule has 0 radical (unpaired) electrons. The van der Waals surface area contributed by atoms with Crippen molar-refractivity contribution in [1.29, 1.82) is 5.26 Å². The molecule has 9 heteroatoms. The summed E-state index contributed by atoms with van der Waals surface area (Å²) in [4.78, 5) is 6.37. The van der Waals surface area contributed by atoms with Gasteiger partial charge in [0.15, 0.2) is 5.65 Å². The normalized spacial score (nSPS) is 17.9. The Morgan fingerprint density at radius 3 is 2.70 bits per heavy atom. The molecule has 1 atom stereocenters. The fourth-order valence-corrected chi connectivity index (χ4v) is 3.39. The molecule has 3 aromatic heterocycles. The molecule has 1 aliphatic rings. The van der Waals surface area contributed by atoms with Crippen molar-refractivity contribution < 1.29 is 13.2 Å². The first-order chi connectivity index (χ1) is 13.0. The second kappa shape index (κ2) is 6.54. The van der Waals surface area contributed by atoms with Crippen LogP contribution >= 0.6 is 0 Å². The van der Waals surface area contributed by atoms with Crippen LogP contribution in [-0.2, 0) is 6.18 Å². The third-order valence-electron chi connectivity index (χ3n) is 4.74. The highest BCUT2D eigenvalue weighted by molar-refractivity contribution is 5.44. The van der Waals surface area contributed by atoms with Gasteiger partial charge < -0.3 is 4.90 Å². The second-order valence-corrected chi connectivity index (χ2v) is 6.50. The predicted octanol–water partition coefficient (Wildman–Crippen LogP) is 3.40. The number of piperidine rings is 1. The van der Waals surface area contributed by atoms with Crippen molar-refractivity contribution in [3.05, 3.63) is 53.6 Å². The highest BCUT2D eigenvalue weighted by atomic mass is 19.4. The lowest BCUT2D eigenvalue weighted by molar-refractivity contribution is -0.137. The number of anilines is 1. The fraction of sp³-hybridized carbons (Fsp3) is 0.333. The van der Waals surface area contributed by atoms with Gasteiger partial charge in [0.1, 0.15) is 17.7 Å². The molecule has 0 amide bonds. The lowest BCUT2D eigenvalue weighted by Crippen LogP contribution is -2.35. The van der Waals surface area contributed by atoms with E-state index < -0.39 is 11.7 Å². The Hall–Kier alpha value is -3.15. The molecule has 1 saturated heterocycles. The zero-order valence-corrected chi connectivity index (χ0v) is 14.2. The molecule has 138 valence electrons. The lowest BCUT2D eigenvalue weighted by atomic mass is 9.97. The molecule has 0 bridgehead atoms. The molecule has 0 aromatic carbocycles. The molecule has 0 spiro atoms. The smallest absolute Gasteiger partial charge is 0.356 e. The van der Waals surface area contributed by atoms with E-state index in [-0.39, 0.29) is 5.92 Å². The Balaban J connectivity index is 1.63. The number of halogens is 3. The molecule has 0 saturated carbocycles. The summed E-state index contributed by atoms with van der Waals surface area (Å²) in [6.45, 7) is 1.37. The van der Waals surface area contributed by atoms with Crippen molar-refractivity contribution >= 4 is 11.5 Å². The number of fused-ring (bicyclic) bond motifs is 1. The van der Waals surface area contributed by atoms with Crippen LogP contribution in [0.15, 0.2) is 36.7 Å². The van der Waals surface area contributed by atoms with Gasteiger partial charge >= 0.3 is 6.18 Å². The van der Waals surface area contributed by atoms with Crippen LogP contribution in [0.25, 0.3) is 5.65 Å². The molecule has 1 fully saturated rings. The van der Waals surface area contributed by atoms with Gasteiger partial charge in [0.05, 0.1) is 11.1 Å². The van der Waals surface area contributed by atoms with E-state index in [0.717, 1.165) is 37.5 Å². The Kier molecular flexibility index (Phi) is 4.18. The molecule has 3 aromatic rings. The van der Waals surface area contributed by atoms with E-state index in [1.54, 1.807) is 12.1 Å². The quantitative estimate of drug-likeness (QED) is 0.690. The number of nitrogens with zero attached hydrogens (tertiary/aromatic N) is 6. The summed E-state index contributed by atoms with van der Waals surface area (Å²) in [6, 6.07) is 7.87. The lowest BCUT2D eigenvalue weighted by Gasteiger charge is -2.32. The zero-order valence-electron chi connectivity index (χ0n) is 14.2. The number of rotatable bonds is 2. The largest absolute Gasteiger partial charge is 0.417 e. The summed E-state index contributed by atoms with van der Waals surface area (Å²) in [6.07, 6.45) is -0.171. The van der Waals surface area contributed by atoms with Gasteiger partial charge in [0.2, 0.25) is 0 Å². The molecule has 1 unspecified atom stereocenters. The van der Waals surface area contributed by atoms with Crippen molar-refractivity contribution in [3.8, 4) is 6.07 Å². The van der Waals surface area contributed by atoms with Gasteiger partial charge in [-0.3, -0.25) is 4.40 Å². The highest BCUT2D eigenvalue weighted by Crippen LogP contribution is 2.32. The fourth-order valence-electron chi connectivity index (χ4n) is 3.39. The molecule has 1 aliphatic heterocycles. The first-order valence-corrected chi connectivity index (χ1v) is 8.48. The molecular weight excluding hydrogens is 357 g/mol. The zero-order chi connectivity index (χ0) is 19.0. The summed E-state index contributed by atoms with van der Waals surface area (Å²) in [5.41, 5.74) is 0.152. The van der Waals surface area contributed by atoms with E-state index in [1.165, 1.54) is 16.7 Å². The Labute approximate surface area is 152 Å². The summed E-state index contributed by atoms with van der Waals surface area (Å²) in [7, 11) is 0. The van der Waals surface area contributed by atoms with Gasteiger partial charge in [-0.05, 0) is 37.1 Å². The summed E-state index contributed by atoms with van der Waals surface area (Å²) >= 11 is 0. The molecule has 0 N–H and O–H groups in total. The SMILES string of the molecule is N#Cc1ccc(N2CCCC(c3nnc4ccc(C(F)(F)F)cn34)C2)nc1. The maximum absolute atomic E-state index is 13.0. The Morgan fingerprint density at radius 1 is 1.15 bits per heavy atom. The van der Waals surface area contributed by atoms with Gasteiger partial charge in [-0.1, -0.05) is 0 Å². The number of alkyl halides is 3. The Morgan fingerprint density at radius 2 is 2.00 bits per heavy atom. The van der Waals surface area contributed by atoms with E-state index in [2.05, 4.69) is 20.1 Å². The average molecular weight is 372 g/mol. The standard InChI is InChI=1S/C18H15F3N6/c19-18(20,21)14-4-6-16-24-25-17(27(16)11-14)13-2-1-7-26(10-13)15-5-3-12(8-22)9-23-15/h3-6,9,11,13H,1-2,7,10H2. The van der Waals surface area contributed by atoms with Gasteiger partial charge in [-0.15, -0.1) is 10.2 Å². The average Bonchev–Trinajstić information content (AvgIpc) is 3.11. The van der Waals surface area contributed by atoms with Gasteiger partial charge in [0, 0.05) is 31.4 Å². The van der Waals surface area contributed by atoms with Crippen LogP contribution in [0, 0.1) is 11.3 Å². The summed E-state index contributed by atoms with van der Waals surface area (Å²) < 4.78 is 40.6. The second-order valence-electron chi connectivity index (χ2n) is 6.50. The minimum atomic E-state index is -4.42. The number of aromatic nitrogens is 4. The van der Waals surface area contributed by atoms with Crippen molar-refractivity contribution in [3.63, 3.8) is 0 Å². The molecule has 4 rings (SSSR count). The van der Waals surface area contributed by atoms with Gasteiger partial charge in [0.25, 0.3) is 0 Å². The topological polar surface area (TPSA) is 70.1 Å². The Bertz CT molecular complexity index is 1000. The van der Waals surface area contributed by atoms with Crippen molar-refractivity contribution in [2.75, 3.05) is 18.0 Å². The predicted molar refractivity (Wildman–Crippen MR) is 91.1 cm³/mol. The molecular formula is C18H15F3N6. The molecule has 27 heavy (non-hydrogen) atoms. The van der Waals surface area contributed by atoms with Crippen molar-refractivity contribution in [1.82, 2.24) is 19.6 Å². The van der Waals surface area contributed by atoms with Gasteiger partial charge in [-0.25, -0.2) is 4.98 Å². The molecule has 4 heterocycles. The van der Waals surface area contributed by atoms with Crippen LogP contribution in [0.2, 0.25) is 0 Å². The number of hydrogen-bond acceptors (Lipinski definition) is 5. The molecule has 0 aliphatic carbocycles. The maximum atomic E-state index is 13.0. The number of nitriles is 1. The molecule has 6 nitrogen and oxygen atoms in total. The highest BCUT2D eigenvalue weighted by Gasteiger charge is 2.32. The first-order valence-electron chi connectivity index (χ1n) is 8.48. The first kappa shape index (κ1) is 17.3. The van der Waals surface area contributed by atoms with Crippen molar-refractivity contribution in [2.45, 2.75) is 24.9 Å². The van der Waals surface area contributed by atoms with Crippen LogP contribution in [0.3, 0.4) is 0 Å². The van der Waals surface area contributed by atoms with E-state index in [0.29, 0.717) is 23.6 Å². The number of pyridine rings is 2. The van der Waals surface area contributed by atoms with Crippen molar-refractivity contribution in [2.24, 2.45) is 0 Å². The monoisotopic (exact) mass is 372 g/mol. The van der Waals surface area contributed by atoms with E-state index in [4.69, 9.17) is 5.26 Å². The van der Waals surface area contributed by atoms with Crippen LogP contribution in [0.4, 0.5) is 19.0 Å². The van der Waals surface area contributed by atoms with Crippen LogP contribution < -0.4 is 4.90 Å². The maximum Gasteiger partial charge on any atom is 0.417 e. The van der Waals surface area contributed by atoms with Gasteiger partial charge in [-0.2, -0.15) is 18.4 Å². The van der Waals surface area contributed by atoms with E-state index >= 15 is 0 Å². The van der Waals surface area contributed by atoms with E-state index in [9.17, 15) is 13.2 Å². The summed E-state index contributed by atoms with van der Waals surface area (Å²) in [5.74, 6) is 1.20. The van der Waals surface area contributed by atoms with Crippen LogP contribution in [-0.4, -0.2) is 32.7 Å².